The molecule has 0 aliphatic carbocycles. The molecule has 0 unspecified atom stereocenters. The molecule has 2 aliphatic rings. The van der Waals surface area contributed by atoms with Gasteiger partial charge >= 0.3 is 34.1 Å². The Balaban J connectivity index is 0.000000642. The Labute approximate surface area is 526 Å². The standard InChI is InChI=1S/2C25H31N5O2.4ClHO4.2Mn/c2*1-3-10-26-22(6-1)18-29-12-14-31-16-17-32-15-13-30(19-23-7-2-4-11-27-23)21-25-9-5-8-24(20-29)28-25;4*2-1(3,4)5;;/h2*1-11H,12-21H2;4*(H,2,3,4,5);;/q;;;;;;2*+2/p-4. The van der Waals surface area contributed by atoms with Crippen molar-refractivity contribution >= 4 is 0 Å². The average Bonchev–Trinajstić information content (AvgIpc) is 3.50. The van der Waals surface area contributed by atoms with Crippen LogP contribution < -0.4 is 74.5 Å². The van der Waals surface area contributed by atoms with E-state index in [0.29, 0.717) is 52.9 Å². The van der Waals surface area contributed by atoms with Crippen molar-refractivity contribution in [2.75, 3.05) is 79.0 Å². The van der Waals surface area contributed by atoms with E-state index in [1.54, 1.807) is 0 Å². The third-order valence-corrected chi connectivity index (χ3v) is 10.7. The van der Waals surface area contributed by atoms with Crippen molar-refractivity contribution in [2.24, 2.45) is 0 Å². The van der Waals surface area contributed by atoms with Crippen LogP contribution in [0.4, 0.5) is 0 Å². The first-order chi connectivity index (χ1) is 39.7. The summed E-state index contributed by atoms with van der Waals surface area (Å²) in [5, 5.41) is 0. The zero-order chi connectivity index (χ0) is 61.7. The maximum absolute atomic E-state index is 8.49. The first kappa shape index (κ1) is 80.2. The summed E-state index contributed by atoms with van der Waals surface area (Å²) < 4.78 is 159. The van der Waals surface area contributed by atoms with Gasteiger partial charge in [-0.3, -0.25) is 49.5 Å². The van der Waals surface area contributed by atoms with E-state index in [9.17, 15) is 0 Å². The van der Waals surface area contributed by atoms with E-state index in [-0.39, 0.29) is 34.1 Å². The Morgan fingerprint density at radius 2 is 0.488 bits per heavy atom. The molecule has 6 aromatic heterocycles. The molecule has 4 bridgehead atoms. The first-order valence-corrected chi connectivity index (χ1v) is 29.8. The zero-order valence-corrected chi connectivity index (χ0v) is 51.1. The van der Waals surface area contributed by atoms with Crippen molar-refractivity contribution in [1.82, 2.24) is 49.5 Å². The molecule has 8 heterocycles. The molecule has 2 radical (unpaired) electrons. The normalized spacial score (nSPS) is 15.7. The number of rotatable bonds is 8. The van der Waals surface area contributed by atoms with Crippen molar-refractivity contribution in [2.45, 2.75) is 52.4 Å². The molecule has 0 aromatic carbocycles. The summed E-state index contributed by atoms with van der Waals surface area (Å²) >= 11 is 0. The van der Waals surface area contributed by atoms with Gasteiger partial charge in [-0.25, -0.2) is 74.5 Å². The molecule has 0 atom stereocenters. The minimum Gasteiger partial charge on any atom is -0.378 e. The molecule has 474 valence electrons. The number of hydrogen-bond acceptors (Lipinski definition) is 30. The van der Waals surface area contributed by atoms with Gasteiger partial charge in [0.15, 0.2) is 0 Å². The topological polar surface area (TPSA) is 496 Å². The molecule has 8 rings (SSSR count). The fraction of sp³-hybridized carbons (Fsp3) is 0.400. The Kier molecular flexibility index (Phi) is 41.5. The molecule has 2 aliphatic heterocycles. The largest absolute Gasteiger partial charge is 2.00 e. The fourth-order valence-electron chi connectivity index (χ4n) is 7.48. The van der Waals surface area contributed by atoms with Crippen LogP contribution in [0.15, 0.2) is 134 Å². The molecule has 0 saturated carbocycles. The minimum atomic E-state index is -4.94. The van der Waals surface area contributed by atoms with Crippen LogP contribution in [0.2, 0.25) is 0 Å². The van der Waals surface area contributed by atoms with Crippen molar-refractivity contribution in [3.05, 3.63) is 180 Å². The number of fused-ring (bicyclic) bond motifs is 4. The second kappa shape index (κ2) is 44.6. The van der Waals surface area contributed by atoms with Crippen LogP contribution >= 0.6 is 0 Å². The van der Waals surface area contributed by atoms with Crippen molar-refractivity contribution in [3.63, 3.8) is 0 Å². The van der Waals surface area contributed by atoms with Crippen LogP contribution in [0.1, 0.15) is 45.6 Å². The summed E-state index contributed by atoms with van der Waals surface area (Å²) in [7, 11) is -19.8. The van der Waals surface area contributed by atoms with Gasteiger partial charge in [0.2, 0.25) is 0 Å². The average molecular weight is 1370 g/mol. The minimum absolute atomic E-state index is 0. The van der Waals surface area contributed by atoms with E-state index >= 15 is 0 Å². The number of ether oxygens (including phenoxy) is 4. The van der Waals surface area contributed by atoms with Gasteiger partial charge in [0.05, 0.1) is 98.4 Å². The molecular weight excluding hydrogens is 1310 g/mol. The molecule has 86 heavy (non-hydrogen) atoms. The molecule has 0 saturated heterocycles. The number of pyridine rings is 6. The molecule has 30 nitrogen and oxygen atoms in total. The fourth-order valence-corrected chi connectivity index (χ4v) is 7.48. The van der Waals surface area contributed by atoms with Gasteiger partial charge in [-0.1, -0.05) is 36.4 Å². The van der Waals surface area contributed by atoms with Crippen molar-refractivity contribution in [3.8, 4) is 0 Å². The SMILES string of the molecule is [Mn+2].[Mn+2].[O-][Cl+3]([O-])([O-])[O-].[O-][Cl+3]([O-])([O-])[O-].[O-][Cl+3]([O-])([O-])[O-].[O-][Cl+3]([O-])([O-])[O-].c1ccc(CN2CCOCCOCCN(Cc3ccccn3)Cc3cccc(n3)C2)nc1.c1ccc(CN2CCOCCOCCN(Cc3ccccn3)Cc3cccc(n3)C2)nc1. The second-order valence-corrected chi connectivity index (χ2v) is 20.4. The number of halogens is 4. The molecule has 0 spiro atoms. The number of nitrogens with zero attached hydrogens (tertiary/aromatic N) is 10. The summed E-state index contributed by atoms with van der Waals surface area (Å²) in [6.07, 6.45) is 7.36. The van der Waals surface area contributed by atoms with Gasteiger partial charge in [0.25, 0.3) is 0 Å². The van der Waals surface area contributed by atoms with Crippen LogP contribution in [-0.2, 0) is 105 Å². The van der Waals surface area contributed by atoms with Crippen LogP contribution in [0.5, 0.6) is 0 Å². The van der Waals surface area contributed by atoms with Gasteiger partial charge in [-0.2, -0.15) is 0 Å². The maximum Gasteiger partial charge on any atom is 2.00 e. The smallest absolute Gasteiger partial charge is 0.378 e. The van der Waals surface area contributed by atoms with E-state index in [1.807, 2.05) is 73.3 Å². The quantitative estimate of drug-likeness (QED) is 0.128. The summed E-state index contributed by atoms with van der Waals surface area (Å²) in [4.78, 5) is 37.2. The van der Waals surface area contributed by atoms with Gasteiger partial charge in [-0.05, 0) is 72.8 Å². The molecule has 0 N–H and O–H groups in total. The van der Waals surface area contributed by atoms with E-state index in [0.717, 1.165) is 124 Å². The Morgan fingerprint density at radius 3 is 0.663 bits per heavy atom. The van der Waals surface area contributed by atoms with Crippen LogP contribution in [0, 0.1) is 41.0 Å². The van der Waals surface area contributed by atoms with Crippen LogP contribution in [0.25, 0.3) is 0 Å². The summed E-state index contributed by atoms with van der Waals surface area (Å²) in [5.74, 6) is 0. The predicted molar refractivity (Wildman–Crippen MR) is 245 cm³/mol. The van der Waals surface area contributed by atoms with E-state index in [2.05, 4.69) is 100 Å². The summed E-state index contributed by atoms with van der Waals surface area (Å²) in [5.41, 5.74) is 8.42. The third kappa shape index (κ3) is 48.1. The Bertz CT molecular complexity index is 2250. The molecule has 36 heteroatoms. The molecular formula is C50H62Cl4Mn2N10O20. The molecule has 0 amide bonds. The van der Waals surface area contributed by atoms with Crippen molar-refractivity contribution < 1.29 is 169 Å². The molecule has 0 fully saturated rings. The monoisotopic (exact) mass is 1370 g/mol. The Hall–Kier alpha value is -3.86. The van der Waals surface area contributed by atoms with E-state index in [4.69, 9.17) is 103 Å². The first-order valence-electron chi connectivity index (χ1n) is 24.9. The van der Waals surface area contributed by atoms with Crippen LogP contribution in [0.3, 0.4) is 0 Å². The van der Waals surface area contributed by atoms with Gasteiger partial charge in [0, 0.05) is 103 Å². The summed E-state index contributed by atoms with van der Waals surface area (Å²) in [6, 6.07) is 36.7. The Morgan fingerprint density at radius 1 is 0.291 bits per heavy atom. The second-order valence-electron chi connectivity index (χ2n) is 17.3. The van der Waals surface area contributed by atoms with Crippen molar-refractivity contribution in [1.29, 1.82) is 0 Å². The van der Waals surface area contributed by atoms with Crippen LogP contribution in [-0.4, -0.2) is 129 Å². The zero-order valence-electron chi connectivity index (χ0n) is 45.7. The number of aromatic nitrogens is 6. The van der Waals surface area contributed by atoms with Gasteiger partial charge in [0.1, 0.15) is 0 Å². The molecule has 6 aromatic rings. The van der Waals surface area contributed by atoms with Gasteiger partial charge < -0.3 is 18.9 Å². The van der Waals surface area contributed by atoms with E-state index < -0.39 is 41.0 Å². The van der Waals surface area contributed by atoms with E-state index in [1.165, 1.54) is 0 Å². The summed E-state index contributed by atoms with van der Waals surface area (Å²) in [6.45, 7) is 14.3. The number of hydrogen-bond donors (Lipinski definition) is 0. The van der Waals surface area contributed by atoms with Gasteiger partial charge in [-0.15, -0.1) is 41.0 Å². The maximum atomic E-state index is 8.49. The third-order valence-electron chi connectivity index (χ3n) is 10.7. The predicted octanol–water partition coefficient (Wildman–Crippen LogP) is -13.2.